The SMILES string of the molecule is CC(C)(C)[Si](C)(C)OC(=O)c1cccc(S[Si](C)(C)C(C)(C)C)c1. The first kappa shape index (κ1) is 21.5. The standard InChI is InChI=1S/C19H34O2SSi2/c1-18(2,3)23(7,8)21-17(20)15-12-11-13-16(14-15)22-24(9,10)19(4,5)6/h11-14H,1-10H3. The summed E-state index contributed by atoms with van der Waals surface area (Å²) in [7, 11) is -3.60. The van der Waals surface area contributed by atoms with Crippen molar-refractivity contribution in [2.75, 3.05) is 0 Å². The van der Waals surface area contributed by atoms with Crippen LogP contribution < -0.4 is 0 Å². The Hall–Kier alpha value is -0.526. The van der Waals surface area contributed by atoms with Gasteiger partial charge in [-0.2, -0.15) is 11.2 Å². The maximum atomic E-state index is 12.6. The monoisotopic (exact) mass is 382 g/mol. The number of rotatable bonds is 4. The lowest BCUT2D eigenvalue weighted by Crippen LogP contribution is -2.42. The Balaban J connectivity index is 2.99. The van der Waals surface area contributed by atoms with Gasteiger partial charge in [-0.1, -0.05) is 60.7 Å². The van der Waals surface area contributed by atoms with E-state index in [2.05, 4.69) is 73.8 Å². The van der Waals surface area contributed by atoms with Crippen molar-refractivity contribution in [3.8, 4) is 0 Å². The number of benzene rings is 1. The summed E-state index contributed by atoms with van der Waals surface area (Å²) in [6, 6.07) is 7.94. The summed E-state index contributed by atoms with van der Waals surface area (Å²) >= 11 is 1.95. The first-order valence-electron chi connectivity index (χ1n) is 8.59. The van der Waals surface area contributed by atoms with E-state index in [-0.39, 0.29) is 11.0 Å². The van der Waals surface area contributed by atoms with Gasteiger partial charge < -0.3 is 4.43 Å². The van der Waals surface area contributed by atoms with E-state index < -0.39 is 15.5 Å². The van der Waals surface area contributed by atoms with Crippen LogP contribution in [0.25, 0.3) is 0 Å². The lowest BCUT2D eigenvalue weighted by molar-refractivity contribution is 0.0712. The molecule has 0 aromatic heterocycles. The molecule has 0 unspecified atom stereocenters. The molecule has 0 aliphatic heterocycles. The molecule has 1 aromatic carbocycles. The van der Waals surface area contributed by atoms with Crippen molar-refractivity contribution in [1.82, 2.24) is 0 Å². The van der Waals surface area contributed by atoms with Crippen LogP contribution in [0, 0.1) is 0 Å². The molecule has 0 N–H and O–H groups in total. The van der Waals surface area contributed by atoms with E-state index in [0.717, 1.165) is 0 Å². The topological polar surface area (TPSA) is 26.3 Å². The molecule has 24 heavy (non-hydrogen) atoms. The van der Waals surface area contributed by atoms with Gasteiger partial charge in [0.25, 0.3) is 8.32 Å². The van der Waals surface area contributed by atoms with E-state index in [1.165, 1.54) is 4.90 Å². The zero-order chi connectivity index (χ0) is 19.0. The molecule has 136 valence electrons. The van der Waals surface area contributed by atoms with E-state index in [0.29, 0.717) is 10.6 Å². The summed E-state index contributed by atoms with van der Waals surface area (Å²) in [6.07, 6.45) is 0. The average Bonchev–Trinajstić information content (AvgIpc) is 2.35. The van der Waals surface area contributed by atoms with Crippen molar-refractivity contribution in [2.45, 2.75) is 82.7 Å². The molecule has 0 atom stereocenters. The highest BCUT2D eigenvalue weighted by molar-refractivity contribution is 8.29. The van der Waals surface area contributed by atoms with Gasteiger partial charge in [0, 0.05) is 4.90 Å². The summed E-state index contributed by atoms with van der Waals surface area (Å²) in [6.45, 7) is 22.4. The van der Waals surface area contributed by atoms with Gasteiger partial charge >= 0.3 is 5.97 Å². The van der Waals surface area contributed by atoms with Crippen LogP contribution in [0.1, 0.15) is 51.9 Å². The zero-order valence-electron chi connectivity index (χ0n) is 17.0. The molecule has 0 saturated heterocycles. The highest BCUT2D eigenvalue weighted by Crippen LogP contribution is 2.46. The molecule has 0 radical (unpaired) electrons. The Morgan fingerprint density at radius 1 is 0.958 bits per heavy atom. The molecule has 5 heteroatoms. The minimum Gasteiger partial charge on any atom is -0.516 e. The third-order valence-electron chi connectivity index (χ3n) is 5.40. The fourth-order valence-corrected chi connectivity index (χ4v) is 6.76. The summed E-state index contributed by atoms with van der Waals surface area (Å²) in [4.78, 5) is 13.8. The number of carbonyl (C=O) groups excluding carboxylic acids is 1. The van der Waals surface area contributed by atoms with Gasteiger partial charge in [0.2, 0.25) is 0 Å². The number of hydrogen-bond donors (Lipinski definition) is 0. The predicted octanol–water partition coefficient (Wildman–Crippen LogP) is 6.95. The van der Waals surface area contributed by atoms with E-state index in [1.807, 2.05) is 29.4 Å². The average molecular weight is 383 g/mol. The molecule has 0 fully saturated rings. The fraction of sp³-hybridized carbons (Fsp3) is 0.632. The van der Waals surface area contributed by atoms with Gasteiger partial charge in [-0.15, -0.1) is 0 Å². The second kappa shape index (κ2) is 7.00. The second-order valence-corrected chi connectivity index (χ2v) is 23.1. The minimum absolute atomic E-state index is 0.0240. The Bertz CT molecular complexity index is 596. The summed E-state index contributed by atoms with van der Waals surface area (Å²) < 4.78 is 5.94. The number of hydrogen-bond acceptors (Lipinski definition) is 3. The molecule has 0 saturated carbocycles. The van der Waals surface area contributed by atoms with Crippen LogP contribution in [0.15, 0.2) is 29.2 Å². The predicted molar refractivity (Wildman–Crippen MR) is 112 cm³/mol. The molecular formula is C19H34O2SSi2. The third-order valence-corrected chi connectivity index (χ3v) is 18.4. The molecule has 0 amide bonds. The quantitative estimate of drug-likeness (QED) is 0.527. The van der Waals surface area contributed by atoms with E-state index in [4.69, 9.17) is 4.43 Å². The van der Waals surface area contributed by atoms with E-state index >= 15 is 0 Å². The van der Waals surface area contributed by atoms with Crippen LogP contribution in [0.2, 0.25) is 36.3 Å². The molecule has 0 aliphatic rings. The molecule has 1 rings (SSSR count). The normalized spacial score (nSPS) is 13.8. The summed E-state index contributed by atoms with van der Waals surface area (Å²) in [5.41, 5.74) is 0.670. The Kier molecular flexibility index (Phi) is 6.28. The second-order valence-electron chi connectivity index (χ2n) is 9.54. The lowest BCUT2D eigenvalue weighted by Gasteiger charge is -2.36. The molecule has 1 aromatic rings. The molecule has 2 nitrogen and oxygen atoms in total. The van der Waals surface area contributed by atoms with Gasteiger partial charge in [-0.25, -0.2) is 4.79 Å². The highest BCUT2D eigenvalue weighted by Gasteiger charge is 2.41. The Morgan fingerprint density at radius 2 is 1.50 bits per heavy atom. The van der Waals surface area contributed by atoms with E-state index in [9.17, 15) is 4.79 Å². The van der Waals surface area contributed by atoms with Crippen LogP contribution in [0.3, 0.4) is 0 Å². The molecule has 0 heterocycles. The third kappa shape index (κ3) is 5.23. The molecule has 0 aliphatic carbocycles. The van der Waals surface area contributed by atoms with Crippen molar-refractivity contribution in [3.63, 3.8) is 0 Å². The van der Waals surface area contributed by atoms with Crippen molar-refractivity contribution < 1.29 is 9.22 Å². The summed E-state index contributed by atoms with van der Waals surface area (Å²) in [5, 5.41) is 0.325. The van der Waals surface area contributed by atoms with Crippen molar-refractivity contribution in [2.24, 2.45) is 0 Å². The van der Waals surface area contributed by atoms with Gasteiger partial charge in [0.15, 0.2) is 0 Å². The van der Waals surface area contributed by atoms with Crippen molar-refractivity contribution in [3.05, 3.63) is 29.8 Å². The number of carbonyl (C=O) groups is 1. The molecular weight excluding hydrogens is 348 g/mol. The van der Waals surface area contributed by atoms with E-state index in [1.54, 1.807) is 0 Å². The van der Waals surface area contributed by atoms with Crippen LogP contribution in [-0.4, -0.2) is 21.5 Å². The lowest BCUT2D eigenvalue weighted by atomic mass is 10.2. The molecule has 0 spiro atoms. The van der Waals surface area contributed by atoms with Crippen molar-refractivity contribution >= 4 is 32.7 Å². The van der Waals surface area contributed by atoms with Gasteiger partial charge in [-0.3, -0.25) is 0 Å². The maximum absolute atomic E-state index is 12.6. The highest BCUT2D eigenvalue weighted by atomic mass is 32.4. The smallest absolute Gasteiger partial charge is 0.324 e. The fourth-order valence-electron chi connectivity index (χ4n) is 1.58. The largest absolute Gasteiger partial charge is 0.516 e. The van der Waals surface area contributed by atoms with Crippen LogP contribution in [-0.2, 0) is 4.43 Å². The van der Waals surface area contributed by atoms with Crippen molar-refractivity contribution in [1.29, 1.82) is 0 Å². The first-order valence-corrected chi connectivity index (χ1v) is 16.0. The summed E-state index contributed by atoms with van der Waals surface area (Å²) in [5.74, 6) is -0.181. The zero-order valence-corrected chi connectivity index (χ0v) is 19.9. The maximum Gasteiger partial charge on any atom is 0.324 e. The Labute approximate surface area is 154 Å². The first-order chi connectivity index (χ1) is 10.6. The van der Waals surface area contributed by atoms with Crippen LogP contribution in [0.4, 0.5) is 0 Å². The van der Waals surface area contributed by atoms with Crippen LogP contribution in [0.5, 0.6) is 0 Å². The van der Waals surface area contributed by atoms with Gasteiger partial charge in [0.05, 0.1) is 5.56 Å². The minimum atomic E-state index is -2.09. The Morgan fingerprint density at radius 3 is 1.96 bits per heavy atom. The van der Waals surface area contributed by atoms with Gasteiger partial charge in [-0.05, 0) is 41.4 Å². The van der Waals surface area contributed by atoms with Crippen LogP contribution >= 0.6 is 11.2 Å². The molecule has 0 bridgehead atoms. The van der Waals surface area contributed by atoms with Gasteiger partial charge in [0.1, 0.15) is 7.22 Å².